The van der Waals surface area contributed by atoms with Crippen LogP contribution < -0.4 is 10.6 Å². The third-order valence-corrected chi connectivity index (χ3v) is 3.80. The summed E-state index contributed by atoms with van der Waals surface area (Å²) in [6.45, 7) is -0.387. The van der Waals surface area contributed by atoms with Gasteiger partial charge in [-0.05, 0) is 29.8 Å². The van der Waals surface area contributed by atoms with E-state index in [1.165, 1.54) is 36.4 Å². The summed E-state index contributed by atoms with van der Waals surface area (Å²) >= 11 is 0. The van der Waals surface area contributed by atoms with Crippen molar-refractivity contribution in [3.8, 4) is 0 Å². The molecule has 0 radical (unpaired) electrons. The second-order valence-corrected chi connectivity index (χ2v) is 5.74. The molecule has 2 N–H and O–H groups in total. The Bertz CT molecular complexity index is 894. The summed E-state index contributed by atoms with van der Waals surface area (Å²) in [4.78, 5) is 35.6. The van der Waals surface area contributed by atoms with Crippen LogP contribution in [0, 0.1) is 0 Å². The van der Waals surface area contributed by atoms with E-state index >= 15 is 0 Å². The lowest BCUT2D eigenvalue weighted by Crippen LogP contribution is -2.29. The zero-order chi connectivity index (χ0) is 21.6. The van der Waals surface area contributed by atoms with Gasteiger partial charge in [0.05, 0.1) is 30.9 Å². The minimum absolute atomic E-state index is 0.0203. The molecule has 0 aromatic heterocycles. The maximum absolute atomic E-state index is 13.0. The van der Waals surface area contributed by atoms with Crippen LogP contribution in [0.2, 0.25) is 0 Å². The number of ether oxygens (including phenoxy) is 2. The zero-order valence-electron chi connectivity index (χ0n) is 15.4. The van der Waals surface area contributed by atoms with E-state index in [1.807, 2.05) is 0 Å². The number of halogens is 3. The van der Waals surface area contributed by atoms with Crippen molar-refractivity contribution in [2.75, 3.05) is 19.5 Å². The van der Waals surface area contributed by atoms with E-state index in [0.29, 0.717) is 0 Å². The summed E-state index contributed by atoms with van der Waals surface area (Å²) in [6.07, 6.45) is -4.56. The number of benzene rings is 2. The highest BCUT2D eigenvalue weighted by Gasteiger charge is 2.32. The third kappa shape index (κ3) is 5.71. The van der Waals surface area contributed by atoms with Gasteiger partial charge in [0.25, 0.3) is 0 Å². The molecule has 2 amide bonds. The van der Waals surface area contributed by atoms with E-state index in [1.54, 1.807) is 0 Å². The molecule has 0 fully saturated rings. The second kappa shape index (κ2) is 9.09. The minimum atomic E-state index is -4.56. The molecule has 0 atom stereocenters. The van der Waals surface area contributed by atoms with Crippen LogP contribution in [0.3, 0.4) is 0 Å². The lowest BCUT2D eigenvalue weighted by Gasteiger charge is -2.14. The number of methoxy groups -OCH3 is 2. The summed E-state index contributed by atoms with van der Waals surface area (Å²) in [5, 5.41) is 4.67. The topological polar surface area (TPSA) is 93.7 Å². The van der Waals surface area contributed by atoms with Gasteiger partial charge < -0.3 is 20.1 Å². The maximum atomic E-state index is 13.0. The van der Waals surface area contributed by atoms with Crippen molar-refractivity contribution in [1.29, 1.82) is 0 Å². The molecule has 2 aromatic carbocycles. The quantitative estimate of drug-likeness (QED) is 0.735. The lowest BCUT2D eigenvalue weighted by atomic mass is 10.1. The molecular weight excluding hydrogens is 393 g/mol. The predicted octanol–water partition coefficient (Wildman–Crippen LogP) is 3.60. The number of hydrogen-bond acceptors (Lipinski definition) is 5. The van der Waals surface area contributed by atoms with Crippen LogP contribution in [0.25, 0.3) is 0 Å². The average Bonchev–Trinajstić information content (AvgIpc) is 2.70. The first-order valence-electron chi connectivity index (χ1n) is 8.17. The van der Waals surface area contributed by atoms with Crippen molar-refractivity contribution in [3.05, 3.63) is 64.7 Å². The number of carbonyl (C=O) groups excluding carboxylic acids is 3. The molecule has 0 aliphatic rings. The van der Waals surface area contributed by atoms with Crippen molar-refractivity contribution in [2.45, 2.75) is 12.7 Å². The van der Waals surface area contributed by atoms with Crippen LogP contribution in [0.4, 0.5) is 23.7 Å². The number of rotatable bonds is 5. The standard InChI is InChI=1S/C19H17F3N2O5/c1-28-16(25)12-7-13(17(26)29-2)9-14(8-12)24-18(27)23-10-11-5-3-4-6-15(11)19(20,21)22/h3-9H,10H2,1-2H3,(H2,23,24,27). The number of hydrogen-bond donors (Lipinski definition) is 2. The highest BCUT2D eigenvalue weighted by atomic mass is 19.4. The Balaban J connectivity index is 2.17. The zero-order valence-corrected chi connectivity index (χ0v) is 15.4. The molecule has 7 nitrogen and oxygen atoms in total. The molecule has 0 saturated carbocycles. The fraction of sp³-hybridized carbons (Fsp3) is 0.211. The van der Waals surface area contributed by atoms with Crippen LogP contribution in [0.15, 0.2) is 42.5 Å². The first-order valence-corrected chi connectivity index (χ1v) is 8.17. The molecule has 154 valence electrons. The van der Waals surface area contributed by atoms with Gasteiger partial charge >= 0.3 is 24.1 Å². The summed E-state index contributed by atoms with van der Waals surface area (Å²) in [7, 11) is 2.29. The number of amides is 2. The minimum Gasteiger partial charge on any atom is -0.465 e. The Morgan fingerprint density at radius 3 is 2.00 bits per heavy atom. The summed E-state index contributed by atoms with van der Waals surface area (Å²) in [5.74, 6) is -1.50. The Kier molecular flexibility index (Phi) is 6.81. The van der Waals surface area contributed by atoms with Gasteiger partial charge in [-0.1, -0.05) is 18.2 Å². The van der Waals surface area contributed by atoms with E-state index in [-0.39, 0.29) is 28.9 Å². The average molecular weight is 410 g/mol. The van der Waals surface area contributed by atoms with Crippen LogP contribution in [-0.4, -0.2) is 32.2 Å². The molecule has 0 aliphatic carbocycles. The van der Waals surface area contributed by atoms with Crippen LogP contribution in [0.5, 0.6) is 0 Å². The third-order valence-electron chi connectivity index (χ3n) is 3.80. The molecule has 0 aliphatic heterocycles. The van der Waals surface area contributed by atoms with Crippen molar-refractivity contribution < 1.29 is 37.0 Å². The van der Waals surface area contributed by atoms with Crippen LogP contribution >= 0.6 is 0 Å². The van der Waals surface area contributed by atoms with Gasteiger partial charge in [-0.3, -0.25) is 0 Å². The fourth-order valence-electron chi connectivity index (χ4n) is 2.47. The SMILES string of the molecule is COC(=O)c1cc(NC(=O)NCc2ccccc2C(F)(F)F)cc(C(=O)OC)c1. The van der Waals surface area contributed by atoms with Gasteiger partial charge in [0.15, 0.2) is 0 Å². The monoisotopic (exact) mass is 410 g/mol. The summed E-state index contributed by atoms with van der Waals surface area (Å²) in [5.41, 5.74) is -0.967. The van der Waals surface area contributed by atoms with Gasteiger partial charge in [-0.2, -0.15) is 13.2 Å². The molecule has 0 heterocycles. The van der Waals surface area contributed by atoms with Crippen molar-refractivity contribution in [3.63, 3.8) is 0 Å². The number of alkyl halides is 3. The van der Waals surface area contributed by atoms with E-state index in [2.05, 4.69) is 20.1 Å². The highest BCUT2D eigenvalue weighted by Crippen LogP contribution is 2.31. The molecule has 0 saturated heterocycles. The Hall–Kier alpha value is -3.56. The molecule has 2 aromatic rings. The van der Waals surface area contributed by atoms with E-state index < -0.39 is 29.7 Å². The van der Waals surface area contributed by atoms with Crippen molar-refractivity contribution in [2.24, 2.45) is 0 Å². The number of urea groups is 1. The van der Waals surface area contributed by atoms with Crippen molar-refractivity contribution in [1.82, 2.24) is 5.32 Å². The Morgan fingerprint density at radius 2 is 1.48 bits per heavy atom. The highest BCUT2D eigenvalue weighted by molar-refractivity contribution is 5.99. The summed E-state index contributed by atoms with van der Waals surface area (Å²) < 4.78 is 48.2. The van der Waals surface area contributed by atoms with Gasteiger partial charge in [-0.15, -0.1) is 0 Å². The number of nitrogens with one attached hydrogen (secondary N) is 2. The smallest absolute Gasteiger partial charge is 0.416 e. The Morgan fingerprint density at radius 1 is 0.931 bits per heavy atom. The first kappa shape index (κ1) is 21.7. The van der Waals surface area contributed by atoms with Crippen LogP contribution in [0.1, 0.15) is 31.8 Å². The molecule has 0 bridgehead atoms. The predicted molar refractivity (Wildman–Crippen MR) is 96.4 cm³/mol. The fourth-order valence-corrected chi connectivity index (χ4v) is 2.47. The molecule has 29 heavy (non-hydrogen) atoms. The number of carbonyl (C=O) groups is 3. The van der Waals surface area contributed by atoms with E-state index in [9.17, 15) is 27.6 Å². The molecule has 2 rings (SSSR count). The van der Waals surface area contributed by atoms with Gasteiger partial charge in [0, 0.05) is 12.2 Å². The van der Waals surface area contributed by atoms with Gasteiger partial charge in [0.1, 0.15) is 0 Å². The Labute approximate surface area is 163 Å². The van der Waals surface area contributed by atoms with E-state index in [0.717, 1.165) is 20.3 Å². The largest absolute Gasteiger partial charge is 0.465 e. The first-order chi connectivity index (χ1) is 13.7. The normalized spacial score (nSPS) is 10.8. The second-order valence-electron chi connectivity index (χ2n) is 5.74. The lowest BCUT2D eigenvalue weighted by molar-refractivity contribution is -0.138. The van der Waals surface area contributed by atoms with Crippen molar-refractivity contribution >= 4 is 23.7 Å². The van der Waals surface area contributed by atoms with Gasteiger partial charge in [-0.25, -0.2) is 14.4 Å². The molecule has 0 unspecified atom stereocenters. The number of anilines is 1. The maximum Gasteiger partial charge on any atom is 0.416 e. The number of esters is 2. The molecular formula is C19H17F3N2O5. The van der Waals surface area contributed by atoms with E-state index in [4.69, 9.17) is 0 Å². The van der Waals surface area contributed by atoms with Gasteiger partial charge in [0.2, 0.25) is 0 Å². The summed E-state index contributed by atoms with van der Waals surface area (Å²) in [6, 6.07) is 7.72. The molecule has 0 spiro atoms. The van der Waals surface area contributed by atoms with Crippen LogP contribution in [-0.2, 0) is 22.2 Å². The molecule has 10 heteroatoms.